The van der Waals surface area contributed by atoms with Gasteiger partial charge in [-0.05, 0) is 55.5 Å². The van der Waals surface area contributed by atoms with Gasteiger partial charge in [-0.2, -0.15) is 0 Å². The van der Waals surface area contributed by atoms with Crippen molar-refractivity contribution in [3.05, 3.63) is 90.2 Å². The van der Waals surface area contributed by atoms with Crippen molar-refractivity contribution in [1.82, 2.24) is 10.9 Å². The summed E-state index contributed by atoms with van der Waals surface area (Å²) in [5, 5.41) is 0. The highest BCUT2D eigenvalue weighted by Crippen LogP contribution is 2.17. The Balaban J connectivity index is 1.56. The summed E-state index contributed by atoms with van der Waals surface area (Å²) in [5.74, 6) is -2.08. The maximum atomic E-state index is 13.6. The molecule has 0 aliphatic carbocycles. The minimum Gasteiger partial charge on any atom is -0.478 e. The van der Waals surface area contributed by atoms with E-state index >= 15 is 0 Å². The molecule has 3 aromatic carbocycles. The molecule has 10 heteroatoms. The third-order valence-corrected chi connectivity index (χ3v) is 5.66. The molecule has 0 saturated carbocycles. The molecule has 3 rings (SSSR count). The first-order valence-corrected chi connectivity index (χ1v) is 10.9. The zero-order valence-corrected chi connectivity index (χ0v) is 17.7. The molecule has 0 saturated heterocycles. The fourth-order valence-electron chi connectivity index (χ4n) is 2.58. The van der Waals surface area contributed by atoms with Gasteiger partial charge in [0.2, 0.25) is 0 Å². The second-order valence-electron chi connectivity index (χ2n) is 6.63. The summed E-state index contributed by atoms with van der Waals surface area (Å²) in [7, 11) is -3.82. The number of carbonyl (C=O) groups excluding carboxylic acids is 2. The van der Waals surface area contributed by atoms with Crippen molar-refractivity contribution in [2.75, 3.05) is 4.72 Å². The normalized spacial score (nSPS) is 11.8. The van der Waals surface area contributed by atoms with Crippen molar-refractivity contribution in [2.45, 2.75) is 17.9 Å². The number of rotatable bonds is 7. The maximum absolute atomic E-state index is 13.6. The van der Waals surface area contributed by atoms with Gasteiger partial charge in [0.1, 0.15) is 0 Å². The van der Waals surface area contributed by atoms with E-state index in [1.54, 1.807) is 36.4 Å². The molecule has 166 valence electrons. The van der Waals surface area contributed by atoms with Gasteiger partial charge in [-0.25, -0.2) is 12.8 Å². The molecule has 0 fully saturated rings. The number of ether oxygens (including phenoxy) is 1. The van der Waals surface area contributed by atoms with Gasteiger partial charge in [0.25, 0.3) is 21.8 Å². The van der Waals surface area contributed by atoms with E-state index in [9.17, 15) is 22.4 Å². The Morgan fingerprint density at radius 2 is 1.50 bits per heavy atom. The molecule has 32 heavy (non-hydrogen) atoms. The number of benzene rings is 3. The van der Waals surface area contributed by atoms with Crippen LogP contribution in [0.4, 0.5) is 10.1 Å². The Morgan fingerprint density at radius 1 is 0.875 bits per heavy atom. The number of hydrazine groups is 1. The predicted octanol–water partition coefficient (Wildman–Crippen LogP) is 2.86. The summed E-state index contributed by atoms with van der Waals surface area (Å²) in [6, 6.07) is 19.1. The number of para-hydroxylation sites is 2. The second kappa shape index (κ2) is 9.92. The van der Waals surface area contributed by atoms with Gasteiger partial charge in [0.05, 0.1) is 4.90 Å². The van der Waals surface area contributed by atoms with E-state index in [0.29, 0.717) is 5.69 Å². The van der Waals surface area contributed by atoms with Crippen LogP contribution in [-0.4, -0.2) is 26.3 Å². The Hall–Kier alpha value is -3.92. The molecule has 1 atom stereocenters. The number of halogens is 1. The van der Waals surface area contributed by atoms with Crippen LogP contribution in [0.1, 0.15) is 17.3 Å². The smallest absolute Gasteiger partial charge is 0.279 e. The molecule has 2 amide bonds. The van der Waals surface area contributed by atoms with Crippen LogP contribution in [0.3, 0.4) is 0 Å². The first kappa shape index (κ1) is 22.8. The van der Waals surface area contributed by atoms with E-state index in [2.05, 4.69) is 15.6 Å². The van der Waals surface area contributed by atoms with Crippen LogP contribution >= 0.6 is 0 Å². The van der Waals surface area contributed by atoms with Gasteiger partial charge in [-0.15, -0.1) is 0 Å². The van der Waals surface area contributed by atoms with Crippen molar-refractivity contribution in [3.8, 4) is 5.75 Å². The van der Waals surface area contributed by atoms with E-state index in [-0.39, 0.29) is 16.2 Å². The Bertz CT molecular complexity index is 1200. The lowest BCUT2D eigenvalue weighted by molar-refractivity contribution is -0.128. The summed E-state index contributed by atoms with van der Waals surface area (Å²) in [6.45, 7) is 1.40. The second-order valence-corrected chi connectivity index (χ2v) is 8.31. The lowest BCUT2D eigenvalue weighted by Gasteiger charge is -2.15. The SMILES string of the molecule is CC(Oc1ccccc1F)C(=O)NNC(=O)c1ccc(S(=O)(=O)Nc2ccccc2)cc1. The van der Waals surface area contributed by atoms with Crippen LogP contribution in [0.25, 0.3) is 0 Å². The highest BCUT2D eigenvalue weighted by Gasteiger charge is 2.18. The van der Waals surface area contributed by atoms with Gasteiger partial charge in [0, 0.05) is 11.3 Å². The van der Waals surface area contributed by atoms with Crippen molar-refractivity contribution in [1.29, 1.82) is 0 Å². The molecule has 0 spiro atoms. The van der Waals surface area contributed by atoms with Gasteiger partial charge in [0.15, 0.2) is 17.7 Å². The summed E-state index contributed by atoms with van der Waals surface area (Å²) in [4.78, 5) is 24.3. The predicted molar refractivity (Wildman–Crippen MR) is 116 cm³/mol. The van der Waals surface area contributed by atoms with Gasteiger partial charge < -0.3 is 4.74 Å². The number of nitrogens with one attached hydrogen (secondary N) is 3. The van der Waals surface area contributed by atoms with Gasteiger partial charge in [-0.3, -0.25) is 25.2 Å². The van der Waals surface area contributed by atoms with E-state index in [1.807, 2.05) is 0 Å². The summed E-state index contributed by atoms with van der Waals surface area (Å²) in [6.07, 6.45) is -1.08. The molecule has 0 radical (unpaired) electrons. The molecule has 0 aromatic heterocycles. The molecular weight excluding hydrogens is 437 g/mol. The molecular formula is C22H20FN3O5S. The summed E-state index contributed by atoms with van der Waals surface area (Å²) in [5.41, 5.74) is 4.91. The monoisotopic (exact) mass is 457 g/mol. The largest absolute Gasteiger partial charge is 0.478 e. The average Bonchev–Trinajstić information content (AvgIpc) is 2.79. The van der Waals surface area contributed by atoms with E-state index in [4.69, 9.17) is 4.74 Å². The molecule has 0 aliphatic heterocycles. The number of carbonyl (C=O) groups is 2. The van der Waals surface area contributed by atoms with Crippen molar-refractivity contribution >= 4 is 27.5 Å². The molecule has 3 aromatic rings. The summed E-state index contributed by atoms with van der Waals surface area (Å²) < 4.78 is 46.2. The number of sulfonamides is 1. The molecule has 0 heterocycles. The molecule has 0 aliphatic rings. The van der Waals surface area contributed by atoms with Crippen LogP contribution in [0, 0.1) is 5.82 Å². The average molecular weight is 457 g/mol. The first-order valence-electron chi connectivity index (χ1n) is 9.45. The van der Waals surface area contributed by atoms with Gasteiger partial charge in [-0.1, -0.05) is 30.3 Å². The third-order valence-electron chi connectivity index (χ3n) is 4.26. The number of anilines is 1. The van der Waals surface area contributed by atoms with E-state index in [1.165, 1.54) is 49.4 Å². The number of hydrogen-bond donors (Lipinski definition) is 3. The Kier molecular flexibility index (Phi) is 7.06. The van der Waals surface area contributed by atoms with Crippen LogP contribution in [0.15, 0.2) is 83.8 Å². The maximum Gasteiger partial charge on any atom is 0.279 e. The molecule has 8 nitrogen and oxygen atoms in total. The van der Waals surface area contributed by atoms with Crippen molar-refractivity contribution < 1.29 is 27.1 Å². The number of hydrogen-bond acceptors (Lipinski definition) is 5. The van der Waals surface area contributed by atoms with Crippen molar-refractivity contribution in [3.63, 3.8) is 0 Å². The molecule has 0 bridgehead atoms. The van der Waals surface area contributed by atoms with E-state index < -0.39 is 33.8 Å². The van der Waals surface area contributed by atoms with E-state index in [0.717, 1.165) is 0 Å². The van der Waals surface area contributed by atoms with Gasteiger partial charge >= 0.3 is 0 Å². The standard InChI is InChI=1S/C22H20FN3O5S/c1-15(31-20-10-6-5-9-19(20)23)21(27)24-25-22(28)16-11-13-18(14-12-16)32(29,30)26-17-7-3-2-4-8-17/h2-15,26H,1H3,(H,24,27)(H,25,28). The Morgan fingerprint density at radius 3 is 2.16 bits per heavy atom. The zero-order chi connectivity index (χ0) is 23.1. The fourth-order valence-corrected chi connectivity index (χ4v) is 3.64. The minimum absolute atomic E-state index is 0.0335. The highest BCUT2D eigenvalue weighted by atomic mass is 32.2. The first-order chi connectivity index (χ1) is 15.3. The molecule has 1 unspecified atom stereocenters. The Labute approximate surface area is 184 Å². The lowest BCUT2D eigenvalue weighted by atomic mass is 10.2. The molecule has 3 N–H and O–H groups in total. The quantitative estimate of drug-likeness (QED) is 0.472. The highest BCUT2D eigenvalue weighted by molar-refractivity contribution is 7.92. The van der Waals surface area contributed by atoms with Crippen LogP contribution in [-0.2, 0) is 14.8 Å². The topological polar surface area (TPSA) is 114 Å². The minimum atomic E-state index is -3.82. The lowest BCUT2D eigenvalue weighted by Crippen LogP contribution is -2.47. The third kappa shape index (κ3) is 5.82. The fraction of sp³-hybridized carbons (Fsp3) is 0.0909. The van der Waals surface area contributed by atoms with Crippen LogP contribution in [0.5, 0.6) is 5.75 Å². The van der Waals surface area contributed by atoms with Crippen LogP contribution in [0.2, 0.25) is 0 Å². The van der Waals surface area contributed by atoms with Crippen LogP contribution < -0.4 is 20.3 Å². The summed E-state index contributed by atoms with van der Waals surface area (Å²) >= 11 is 0. The van der Waals surface area contributed by atoms with Crippen molar-refractivity contribution in [2.24, 2.45) is 0 Å². The number of amides is 2. The zero-order valence-electron chi connectivity index (χ0n) is 16.9.